The highest BCUT2D eigenvalue weighted by molar-refractivity contribution is 5.84. The first kappa shape index (κ1) is 11.0. The van der Waals surface area contributed by atoms with Gasteiger partial charge in [-0.15, -0.1) is 0 Å². The number of Topliss-reactive ketones (excluding diaryl/α,β-unsaturated/α-hetero) is 1. The molecule has 2 rings (SSSR count). The van der Waals surface area contributed by atoms with Gasteiger partial charge in [-0.1, -0.05) is 0 Å². The van der Waals surface area contributed by atoms with Gasteiger partial charge in [0.15, 0.2) is 11.6 Å². The van der Waals surface area contributed by atoms with Crippen molar-refractivity contribution in [2.24, 2.45) is 0 Å². The zero-order chi connectivity index (χ0) is 11.5. The van der Waals surface area contributed by atoms with Gasteiger partial charge >= 0.3 is 0 Å². The SMILES string of the molecule is CC(=O)C1CCCCN1c1ncc(F)cn1. The van der Waals surface area contributed by atoms with Crippen LogP contribution >= 0.6 is 0 Å². The maximum Gasteiger partial charge on any atom is 0.226 e. The third-order valence-corrected chi connectivity index (χ3v) is 2.84. The van der Waals surface area contributed by atoms with Gasteiger partial charge < -0.3 is 4.90 Å². The quantitative estimate of drug-likeness (QED) is 0.763. The highest BCUT2D eigenvalue weighted by Crippen LogP contribution is 2.21. The van der Waals surface area contributed by atoms with Crippen LogP contribution in [0.25, 0.3) is 0 Å². The number of piperidine rings is 1. The predicted octanol–water partition coefficient (Wildman–Crippen LogP) is 1.56. The maximum atomic E-state index is 12.7. The Morgan fingerprint density at radius 1 is 1.44 bits per heavy atom. The van der Waals surface area contributed by atoms with Crippen molar-refractivity contribution in [3.8, 4) is 0 Å². The number of rotatable bonds is 2. The molecule has 0 amide bonds. The average Bonchev–Trinajstić information content (AvgIpc) is 2.30. The van der Waals surface area contributed by atoms with Gasteiger partial charge in [-0.05, 0) is 26.2 Å². The van der Waals surface area contributed by atoms with E-state index < -0.39 is 5.82 Å². The number of nitrogens with zero attached hydrogens (tertiary/aromatic N) is 3. The summed E-state index contributed by atoms with van der Waals surface area (Å²) in [6, 6.07) is -0.154. The lowest BCUT2D eigenvalue weighted by Gasteiger charge is -2.33. The molecule has 0 N–H and O–H groups in total. The van der Waals surface area contributed by atoms with Crippen LogP contribution in [0, 0.1) is 5.82 Å². The zero-order valence-electron chi connectivity index (χ0n) is 9.19. The number of anilines is 1. The molecule has 0 radical (unpaired) electrons. The summed E-state index contributed by atoms with van der Waals surface area (Å²) in [6.07, 6.45) is 5.16. The lowest BCUT2D eigenvalue weighted by Crippen LogP contribution is -2.44. The molecule has 0 bridgehead atoms. The highest BCUT2D eigenvalue weighted by atomic mass is 19.1. The Hall–Kier alpha value is -1.52. The molecule has 0 spiro atoms. The number of ketones is 1. The van der Waals surface area contributed by atoms with Crippen LogP contribution in [-0.4, -0.2) is 28.3 Å². The van der Waals surface area contributed by atoms with E-state index in [1.165, 1.54) is 0 Å². The lowest BCUT2D eigenvalue weighted by molar-refractivity contribution is -0.118. The summed E-state index contributed by atoms with van der Waals surface area (Å²) >= 11 is 0. The first-order valence-electron chi connectivity index (χ1n) is 5.43. The Morgan fingerprint density at radius 2 is 2.12 bits per heavy atom. The lowest BCUT2D eigenvalue weighted by atomic mass is 10.00. The number of carbonyl (C=O) groups excluding carboxylic acids is 1. The van der Waals surface area contributed by atoms with E-state index in [2.05, 4.69) is 9.97 Å². The van der Waals surface area contributed by atoms with Crippen molar-refractivity contribution in [1.29, 1.82) is 0 Å². The molecular weight excluding hydrogens is 209 g/mol. The van der Waals surface area contributed by atoms with E-state index in [1.54, 1.807) is 6.92 Å². The second-order valence-electron chi connectivity index (χ2n) is 4.02. The molecule has 0 aromatic carbocycles. The number of carbonyl (C=O) groups is 1. The predicted molar refractivity (Wildman–Crippen MR) is 57.7 cm³/mol. The Kier molecular flexibility index (Phi) is 3.12. The molecule has 4 nitrogen and oxygen atoms in total. The highest BCUT2D eigenvalue weighted by Gasteiger charge is 2.27. The van der Waals surface area contributed by atoms with Crippen LogP contribution in [0.2, 0.25) is 0 Å². The van der Waals surface area contributed by atoms with Gasteiger partial charge in [0, 0.05) is 6.54 Å². The molecule has 0 saturated carbocycles. The molecule has 5 heteroatoms. The van der Waals surface area contributed by atoms with E-state index in [0.29, 0.717) is 5.95 Å². The molecular formula is C11H14FN3O. The summed E-state index contributed by atoms with van der Waals surface area (Å²) in [4.78, 5) is 21.2. The molecule has 1 aromatic rings. The van der Waals surface area contributed by atoms with Crippen LogP contribution in [0.1, 0.15) is 26.2 Å². The molecule has 16 heavy (non-hydrogen) atoms. The molecule has 1 saturated heterocycles. The van der Waals surface area contributed by atoms with E-state index in [0.717, 1.165) is 38.2 Å². The Bertz CT molecular complexity index is 379. The molecule has 1 aliphatic rings. The van der Waals surface area contributed by atoms with Crippen molar-refractivity contribution in [1.82, 2.24) is 9.97 Å². The van der Waals surface area contributed by atoms with Crippen molar-refractivity contribution in [3.05, 3.63) is 18.2 Å². The van der Waals surface area contributed by atoms with Crippen LogP contribution in [0.5, 0.6) is 0 Å². The van der Waals surface area contributed by atoms with E-state index >= 15 is 0 Å². The molecule has 1 aromatic heterocycles. The van der Waals surface area contributed by atoms with Crippen LogP contribution in [-0.2, 0) is 4.79 Å². The van der Waals surface area contributed by atoms with Gasteiger partial charge in [0.1, 0.15) is 0 Å². The van der Waals surface area contributed by atoms with Crippen molar-refractivity contribution < 1.29 is 9.18 Å². The monoisotopic (exact) mass is 223 g/mol. The van der Waals surface area contributed by atoms with Gasteiger partial charge in [0.2, 0.25) is 5.95 Å². The minimum absolute atomic E-state index is 0.118. The van der Waals surface area contributed by atoms with Gasteiger partial charge in [0.25, 0.3) is 0 Å². The summed E-state index contributed by atoms with van der Waals surface area (Å²) in [5.41, 5.74) is 0. The fraction of sp³-hybridized carbons (Fsp3) is 0.545. The molecule has 1 fully saturated rings. The molecule has 0 aliphatic carbocycles. The van der Waals surface area contributed by atoms with E-state index in [1.807, 2.05) is 4.90 Å². The normalized spacial score (nSPS) is 20.9. The Morgan fingerprint density at radius 3 is 2.75 bits per heavy atom. The molecule has 86 valence electrons. The Labute approximate surface area is 93.5 Å². The maximum absolute atomic E-state index is 12.7. The van der Waals surface area contributed by atoms with Crippen molar-refractivity contribution >= 4 is 11.7 Å². The third-order valence-electron chi connectivity index (χ3n) is 2.84. The van der Waals surface area contributed by atoms with Crippen molar-refractivity contribution in [3.63, 3.8) is 0 Å². The second-order valence-corrected chi connectivity index (χ2v) is 4.02. The summed E-state index contributed by atoms with van der Waals surface area (Å²) in [6.45, 7) is 2.34. The van der Waals surface area contributed by atoms with Crippen LogP contribution in [0.4, 0.5) is 10.3 Å². The number of aromatic nitrogens is 2. The van der Waals surface area contributed by atoms with Crippen LogP contribution in [0.3, 0.4) is 0 Å². The smallest absolute Gasteiger partial charge is 0.226 e. The average molecular weight is 223 g/mol. The third kappa shape index (κ3) is 2.18. The van der Waals surface area contributed by atoms with Crippen molar-refractivity contribution in [2.75, 3.05) is 11.4 Å². The van der Waals surface area contributed by atoms with Crippen LogP contribution < -0.4 is 4.90 Å². The second kappa shape index (κ2) is 4.55. The first-order chi connectivity index (χ1) is 7.68. The summed E-state index contributed by atoms with van der Waals surface area (Å²) < 4.78 is 12.7. The van der Waals surface area contributed by atoms with Gasteiger partial charge in [-0.25, -0.2) is 14.4 Å². The fourth-order valence-corrected chi connectivity index (χ4v) is 2.05. The van der Waals surface area contributed by atoms with Gasteiger partial charge in [-0.3, -0.25) is 4.79 Å². The topological polar surface area (TPSA) is 46.1 Å². The first-order valence-corrected chi connectivity index (χ1v) is 5.43. The summed E-state index contributed by atoms with van der Waals surface area (Å²) in [7, 11) is 0. The van der Waals surface area contributed by atoms with Gasteiger partial charge in [0.05, 0.1) is 18.4 Å². The number of hydrogen-bond donors (Lipinski definition) is 0. The van der Waals surface area contributed by atoms with Crippen LogP contribution in [0.15, 0.2) is 12.4 Å². The fourth-order valence-electron chi connectivity index (χ4n) is 2.05. The molecule has 1 atom stereocenters. The number of halogens is 1. The minimum Gasteiger partial charge on any atom is -0.331 e. The zero-order valence-corrected chi connectivity index (χ0v) is 9.19. The molecule has 1 unspecified atom stereocenters. The molecule has 2 heterocycles. The summed E-state index contributed by atoms with van der Waals surface area (Å²) in [5.74, 6) is 0.106. The molecule has 1 aliphatic heterocycles. The van der Waals surface area contributed by atoms with Gasteiger partial charge in [-0.2, -0.15) is 0 Å². The summed E-state index contributed by atoms with van der Waals surface area (Å²) in [5, 5.41) is 0. The largest absolute Gasteiger partial charge is 0.331 e. The van der Waals surface area contributed by atoms with E-state index in [4.69, 9.17) is 0 Å². The standard InChI is InChI=1S/C11H14FN3O/c1-8(16)10-4-2-3-5-15(10)11-13-6-9(12)7-14-11/h6-7,10H,2-5H2,1H3. The Balaban J connectivity index is 2.23. The number of hydrogen-bond acceptors (Lipinski definition) is 4. The van der Waals surface area contributed by atoms with E-state index in [-0.39, 0.29) is 11.8 Å². The van der Waals surface area contributed by atoms with E-state index in [9.17, 15) is 9.18 Å². The van der Waals surface area contributed by atoms with Crippen molar-refractivity contribution in [2.45, 2.75) is 32.2 Å². The minimum atomic E-state index is -0.458.